The molecule has 0 radical (unpaired) electrons. The number of allylic oxidation sites excluding steroid dienone is 2. The Hall–Kier alpha value is -3.84. The number of phenolic OH excluding ortho intramolecular Hbond substituents is 2. The number of hydrogen-bond donors (Lipinski definition) is 2. The van der Waals surface area contributed by atoms with E-state index < -0.39 is 40.0 Å². The average molecular weight is 801 g/mol. The Labute approximate surface area is 319 Å². The van der Waals surface area contributed by atoms with Crippen molar-refractivity contribution in [2.75, 3.05) is 0 Å². The van der Waals surface area contributed by atoms with Crippen LogP contribution >= 0.6 is 45.3 Å². The zero-order valence-corrected chi connectivity index (χ0v) is 32.6. The van der Waals surface area contributed by atoms with E-state index in [4.69, 9.17) is 0 Å². The molecule has 0 bridgehead atoms. The topological polar surface area (TPSA) is 40.5 Å². The van der Waals surface area contributed by atoms with Crippen LogP contribution < -0.4 is 0 Å². The van der Waals surface area contributed by atoms with Gasteiger partial charge >= 0.3 is 17.8 Å². The number of hydrogen-bond acceptors (Lipinski definition) is 6. The Morgan fingerprint density at radius 1 is 0.453 bits per heavy atom. The van der Waals surface area contributed by atoms with Gasteiger partial charge in [0, 0.05) is 61.3 Å². The van der Waals surface area contributed by atoms with Gasteiger partial charge in [0.1, 0.15) is 11.5 Å². The molecule has 0 aliphatic heterocycles. The molecule has 276 valence electrons. The van der Waals surface area contributed by atoms with E-state index in [9.17, 15) is 10.2 Å². The van der Waals surface area contributed by atoms with Crippen molar-refractivity contribution in [1.29, 1.82) is 0 Å². The minimum atomic E-state index is -5.78. The zero-order valence-electron chi connectivity index (χ0n) is 29.4. The van der Waals surface area contributed by atoms with Crippen LogP contribution in [0.2, 0.25) is 0 Å². The van der Waals surface area contributed by atoms with E-state index in [0.717, 1.165) is 32.4 Å². The number of aromatic hydroxyl groups is 2. The van der Waals surface area contributed by atoms with Crippen LogP contribution in [0.1, 0.15) is 62.4 Å². The summed E-state index contributed by atoms with van der Waals surface area (Å²) in [5, 5.41) is 20.0. The third-order valence-electron chi connectivity index (χ3n) is 9.10. The first-order chi connectivity index (χ1) is 24.6. The molecular weight excluding hydrogens is 767 g/mol. The molecule has 4 heterocycles. The summed E-state index contributed by atoms with van der Waals surface area (Å²) in [5.41, 5.74) is -3.66. The predicted molar refractivity (Wildman–Crippen MR) is 209 cm³/mol. The van der Waals surface area contributed by atoms with E-state index in [-0.39, 0.29) is 32.1 Å². The van der Waals surface area contributed by atoms with E-state index >= 15 is 26.3 Å². The lowest BCUT2D eigenvalue weighted by atomic mass is 9.92. The van der Waals surface area contributed by atoms with Crippen LogP contribution in [0, 0.1) is 0 Å². The van der Waals surface area contributed by atoms with E-state index in [2.05, 4.69) is 0 Å². The molecule has 0 saturated heterocycles. The van der Waals surface area contributed by atoms with Gasteiger partial charge in [-0.2, -0.15) is 26.3 Å². The monoisotopic (exact) mass is 800 g/mol. The van der Waals surface area contributed by atoms with Crippen LogP contribution in [-0.2, 0) is 10.8 Å². The maximum absolute atomic E-state index is 16.5. The van der Waals surface area contributed by atoms with Gasteiger partial charge in [-0.3, -0.25) is 0 Å². The van der Waals surface area contributed by atoms with Crippen LogP contribution in [0.4, 0.5) is 26.3 Å². The first kappa shape index (κ1) is 37.5. The highest BCUT2D eigenvalue weighted by Crippen LogP contribution is 2.67. The highest BCUT2D eigenvalue weighted by molar-refractivity contribution is 7.24. The molecule has 0 atom stereocenters. The molecule has 2 aromatic carbocycles. The van der Waals surface area contributed by atoms with Crippen molar-refractivity contribution in [3.05, 3.63) is 106 Å². The second-order valence-corrected chi connectivity index (χ2v) is 19.4. The standard InChI is InChI=1S/C41H34F6O2S4/c1-37(2,3)31-17-15-27(50-31)29-19-25(35(52-29)21-7-11-23(48)12-8-21)33-34(40(44,45)41(46,47)39(33,42)43)26-20-30(28-16-18-32(51-28)38(4,5)6)53-36(26)22-9-13-24(49)14-10-22/h7-20,48-49H,1-6H3. The van der Waals surface area contributed by atoms with Crippen LogP contribution in [0.15, 0.2) is 84.9 Å². The maximum atomic E-state index is 16.5. The van der Waals surface area contributed by atoms with Crippen molar-refractivity contribution < 1.29 is 36.6 Å². The molecule has 0 unspecified atom stereocenters. The fraction of sp³-hybridized carbons (Fsp3) is 0.268. The molecule has 53 heavy (non-hydrogen) atoms. The van der Waals surface area contributed by atoms with E-state index in [1.807, 2.05) is 65.8 Å². The molecule has 0 fully saturated rings. The van der Waals surface area contributed by atoms with Gasteiger partial charge in [-0.05, 0) is 107 Å². The number of alkyl halides is 6. The third kappa shape index (κ3) is 6.25. The molecule has 0 saturated carbocycles. The number of benzene rings is 2. The lowest BCUT2D eigenvalue weighted by molar-refractivity contribution is -0.254. The van der Waals surface area contributed by atoms with Crippen molar-refractivity contribution in [2.24, 2.45) is 0 Å². The molecular formula is C41H34F6O2S4. The van der Waals surface area contributed by atoms with Gasteiger partial charge in [-0.25, -0.2) is 0 Å². The van der Waals surface area contributed by atoms with Crippen molar-refractivity contribution >= 4 is 56.5 Å². The lowest BCUT2D eigenvalue weighted by Gasteiger charge is -2.26. The summed E-state index contributed by atoms with van der Waals surface area (Å²) < 4.78 is 97.9. The number of thiophene rings is 4. The molecule has 7 rings (SSSR count). The molecule has 1 aliphatic carbocycles. The molecule has 2 N–H and O–H groups in total. The first-order valence-electron chi connectivity index (χ1n) is 16.6. The molecule has 2 nitrogen and oxygen atoms in total. The minimum Gasteiger partial charge on any atom is -0.508 e. The summed E-state index contributed by atoms with van der Waals surface area (Å²) in [6.07, 6.45) is 0. The normalized spacial score (nSPS) is 16.8. The van der Waals surface area contributed by atoms with Crippen LogP contribution in [0.3, 0.4) is 0 Å². The van der Waals surface area contributed by atoms with Gasteiger partial charge < -0.3 is 10.2 Å². The van der Waals surface area contributed by atoms with Crippen molar-refractivity contribution in [2.45, 2.75) is 70.1 Å². The molecule has 0 amide bonds. The largest absolute Gasteiger partial charge is 0.508 e. The summed E-state index contributed by atoms with van der Waals surface area (Å²) in [5.74, 6) is -16.6. The van der Waals surface area contributed by atoms with Gasteiger partial charge in [0.15, 0.2) is 0 Å². The molecule has 4 aromatic heterocycles. The molecule has 0 spiro atoms. The summed E-state index contributed by atoms with van der Waals surface area (Å²) in [7, 11) is 0. The van der Waals surface area contributed by atoms with Crippen molar-refractivity contribution in [3.63, 3.8) is 0 Å². The van der Waals surface area contributed by atoms with E-state index in [1.165, 1.54) is 83.3 Å². The zero-order chi connectivity index (χ0) is 38.5. The Morgan fingerprint density at radius 3 is 1.09 bits per heavy atom. The Bertz CT molecular complexity index is 2200. The van der Waals surface area contributed by atoms with Gasteiger partial charge in [-0.1, -0.05) is 41.5 Å². The Kier molecular flexibility index (Phi) is 8.92. The minimum absolute atomic E-state index is 0.0843. The second-order valence-electron chi connectivity index (χ2n) is 15.1. The van der Waals surface area contributed by atoms with Crippen molar-refractivity contribution in [1.82, 2.24) is 0 Å². The van der Waals surface area contributed by atoms with Gasteiger partial charge in [0.2, 0.25) is 0 Å². The molecule has 6 aromatic rings. The average Bonchev–Trinajstić information content (AvgIpc) is 3.89. The number of halogens is 6. The van der Waals surface area contributed by atoms with Gasteiger partial charge in [0.05, 0.1) is 0 Å². The highest BCUT2D eigenvalue weighted by Gasteiger charge is 2.80. The Balaban J connectivity index is 1.56. The fourth-order valence-corrected chi connectivity index (χ4v) is 10.9. The lowest BCUT2D eigenvalue weighted by Crippen LogP contribution is -2.48. The first-order valence-corrected chi connectivity index (χ1v) is 19.8. The fourth-order valence-electron chi connectivity index (χ4n) is 6.23. The second kappa shape index (κ2) is 12.6. The Morgan fingerprint density at radius 2 is 0.792 bits per heavy atom. The molecule has 12 heteroatoms. The predicted octanol–water partition coefficient (Wildman–Crippen LogP) is 14.4. The highest BCUT2D eigenvalue weighted by atomic mass is 32.1. The summed E-state index contributed by atoms with van der Waals surface area (Å²) in [6, 6.07) is 21.2. The quantitative estimate of drug-likeness (QED) is 0.165. The van der Waals surface area contributed by atoms with Crippen LogP contribution in [0.25, 0.3) is 51.5 Å². The summed E-state index contributed by atoms with van der Waals surface area (Å²) >= 11 is 4.90. The van der Waals surface area contributed by atoms with Crippen LogP contribution in [-0.4, -0.2) is 28.0 Å². The third-order valence-corrected chi connectivity index (χ3v) is 14.9. The summed E-state index contributed by atoms with van der Waals surface area (Å²) in [6.45, 7) is 12.1. The summed E-state index contributed by atoms with van der Waals surface area (Å²) in [4.78, 5) is 4.38. The van der Waals surface area contributed by atoms with Crippen molar-refractivity contribution in [3.8, 4) is 51.9 Å². The maximum Gasteiger partial charge on any atom is 0.380 e. The number of rotatable bonds is 6. The number of phenols is 2. The SMILES string of the molecule is CC(C)(C)c1ccc(-c2cc(C3=C(c4cc(-c5ccc(C(C)(C)C)s5)sc4-c4ccc(O)cc4)C(F)(F)C(F)(F)C3(F)F)c(-c3ccc(O)cc3)s2)s1. The van der Waals surface area contributed by atoms with Gasteiger partial charge in [0.25, 0.3) is 0 Å². The smallest absolute Gasteiger partial charge is 0.380 e. The molecule has 1 aliphatic rings. The van der Waals surface area contributed by atoms with E-state index in [1.54, 1.807) is 0 Å². The van der Waals surface area contributed by atoms with E-state index in [0.29, 0.717) is 30.6 Å². The van der Waals surface area contributed by atoms with Gasteiger partial charge in [-0.15, -0.1) is 45.3 Å². The van der Waals surface area contributed by atoms with Crippen LogP contribution in [0.5, 0.6) is 11.5 Å².